The van der Waals surface area contributed by atoms with Crippen LogP contribution in [0.15, 0.2) is 35.1 Å². The molecule has 1 aliphatic rings. The Morgan fingerprint density at radius 1 is 1.22 bits per heavy atom. The van der Waals surface area contributed by atoms with Gasteiger partial charge in [-0.3, -0.25) is 4.79 Å². The predicted octanol–water partition coefficient (Wildman–Crippen LogP) is 3.58. The topological polar surface area (TPSA) is 56.6 Å². The summed E-state index contributed by atoms with van der Waals surface area (Å²) in [6.45, 7) is 0. The number of aryl methyl sites for hydroxylation is 1. The van der Waals surface area contributed by atoms with Crippen LogP contribution in [0, 0.1) is 17.2 Å². The number of halogens is 3. The molecule has 0 fully saturated rings. The van der Waals surface area contributed by atoms with Gasteiger partial charge >= 0.3 is 6.18 Å². The molecule has 6 heteroatoms. The molecule has 2 aromatic rings. The van der Waals surface area contributed by atoms with Crippen LogP contribution in [0.3, 0.4) is 0 Å². The van der Waals surface area contributed by atoms with E-state index in [1.54, 1.807) is 30.3 Å². The highest BCUT2D eigenvalue weighted by atomic mass is 19.4. The number of alkyl halides is 3. The molecule has 23 heavy (non-hydrogen) atoms. The summed E-state index contributed by atoms with van der Waals surface area (Å²) in [6.07, 6.45) is -4.39. The molecule has 118 valence electrons. The molecule has 0 saturated heterocycles. The van der Waals surface area contributed by atoms with Crippen LogP contribution in [-0.4, -0.2) is 11.2 Å². The number of pyridine rings is 1. The Morgan fingerprint density at radius 2 is 1.91 bits per heavy atom. The molecule has 1 heterocycles. The van der Waals surface area contributed by atoms with Crippen LogP contribution < -0.4 is 5.56 Å². The molecule has 1 atom stereocenters. The van der Waals surface area contributed by atoms with Crippen LogP contribution in [-0.2, 0) is 12.8 Å². The van der Waals surface area contributed by atoms with Crippen molar-refractivity contribution < 1.29 is 13.2 Å². The van der Waals surface area contributed by atoms with Gasteiger partial charge < -0.3 is 4.98 Å². The monoisotopic (exact) mass is 318 g/mol. The van der Waals surface area contributed by atoms with Gasteiger partial charge in [-0.25, -0.2) is 0 Å². The van der Waals surface area contributed by atoms with Gasteiger partial charge in [0, 0.05) is 11.3 Å². The summed E-state index contributed by atoms with van der Waals surface area (Å²) in [7, 11) is 0. The molecular weight excluding hydrogens is 305 g/mol. The summed E-state index contributed by atoms with van der Waals surface area (Å²) in [5.74, 6) is -1.45. The third kappa shape index (κ3) is 2.74. The van der Waals surface area contributed by atoms with Crippen LogP contribution in [0.25, 0.3) is 11.1 Å². The molecule has 1 unspecified atom stereocenters. The number of hydrogen-bond acceptors (Lipinski definition) is 2. The normalized spacial score (nSPS) is 17.4. The van der Waals surface area contributed by atoms with E-state index in [9.17, 15) is 23.2 Å². The SMILES string of the molecule is N#Cc1c(-c2ccccc2)c2c([nH]c1=O)CCC(C(F)(F)F)C2. The number of aromatic nitrogens is 1. The highest BCUT2D eigenvalue weighted by Crippen LogP contribution is 2.40. The first-order chi connectivity index (χ1) is 10.9. The Labute approximate surface area is 130 Å². The maximum atomic E-state index is 13.1. The minimum Gasteiger partial charge on any atom is -0.325 e. The molecule has 0 amide bonds. The average Bonchev–Trinajstić information content (AvgIpc) is 2.53. The lowest BCUT2D eigenvalue weighted by Gasteiger charge is -2.28. The number of rotatable bonds is 1. The summed E-state index contributed by atoms with van der Waals surface area (Å²) < 4.78 is 39.3. The van der Waals surface area contributed by atoms with E-state index in [-0.39, 0.29) is 24.8 Å². The molecule has 1 aromatic carbocycles. The van der Waals surface area contributed by atoms with Gasteiger partial charge in [0.05, 0.1) is 5.92 Å². The number of benzene rings is 1. The predicted molar refractivity (Wildman–Crippen MR) is 78.8 cm³/mol. The molecule has 3 rings (SSSR count). The number of H-pyrrole nitrogens is 1. The second-order valence-electron chi connectivity index (χ2n) is 5.62. The van der Waals surface area contributed by atoms with Gasteiger partial charge in [-0.1, -0.05) is 30.3 Å². The molecule has 1 aliphatic carbocycles. The van der Waals surface area contributed by atoms with Crippen LogP contribution in [0.5, 0.6) is 0 Å². The third-order valence-corrected chi connectivity index (χ3v) is 4.24. The van der Waals surface area contributed by atoms with Gasteiger partial charge in [0.15, 0.2) is 0 Å². The number of nitriles is 1. The second-order valence-corrected chi connectivity index (χ2v) is 5.62. The summed E-state index contributed by atoms with van der Waals surface area (Å²) >= 11 is 0. The Morgan fingerprint density at radius 3 is 2.52 bits per heavy atom. The molecule has 0 radical (unpaired) electrons. The fraction of sp³-hybridized carbons (Fsp3) is 0.294. The van der Waals surface area contributed by atoms with Crippen LogP contribution in [0.2, 0.25) is 0 Å². The number of aromatic amines is 1. The molecule has 3 nitrogen and oxygen atoms in total. The zero-order valence-electron chi connectivity index (χ0n) is 12.1. The number of nitrogens with zero attached hydrogens (tertiary/aromatic N) is 1. The van der Waals surface area contributed by atoms with E-state index in [0.29, 0.717) is 22.4 Å². The molecular formula is C17H13F3N2O. The fourth-order valence-corrected chi connectivity index (χ4v) is 3.11. The van der Waals surface area contributed by atoms with E-state index >= 15 is 0 Å². The van der Waals surface area contributed by atoms with E-state index < -0.39 is 17.7 Å². The molecule has 0 saturated carbocycles. The first-order valence-corrected chi connectivity index (χ1v) is 7.22. The van der Waals surface area contributed by atoms with Crippen molar-refractivity contribution in [3.8, 4) is 17.2 Å². The zero-order chi connectivity index (χ0) is 16.6. The maximum Gasteiger partial charge on any atom is 0.392 e. The van der Waals surface area contributed by atoms with Gasteiger partial charge in [-0.15, -0.1) is 0 Å². The lowest BCUT2D eigenvalue weighted by Crippen LogP contribution is -2.31. The summed E-state index contributed by atoms with van der Waals surface area (Å²) in [4.78, 5) is 14.7. The van der Waals surface area contributed by atoms with E-state index in [1.807, 2.05) is 6.07 Å². The van der Waals surface area contributed by atoms with E-state index in [0.717, 1.165) is 0 Å². The Bertz CT molecular complexity index is 832. The average molecular weight is 318 g/mol. The molecule has 0 aliphatic heterocycles. The number of hydrogen-bond donors (Lipinski definition) is 1. The smallest absolute Gasteiger partial charge is 0.325 e. The number of nitrogens with one attached hydrogen (secondary N) is 1. The third-order valence-electron chi connectivity index (χ3n) is 4.24. The highest BCUT2D eigenvalue weighted by molar-refractivity contribution is 5.74. The minimum atomic E-state index is -4.28. The van der Waals surface area contributed by atoms with E-state index in [4.69, 9.17) is 0 Å². The lowest BCUT2D eigenvalue weighted by atomic mass is 9.81. The summed E-state index contributed by atoms with van der Waals surface area (Å²) in [6, 6.07) is 10.5. The Kier molecular flexibility index (Phi) is 3.72. The maximum absolute atomic E-state index is 13.1. The van der Waals surface area contributed by atoms with Crippen molar-refractivity contribution in [1.82, 2.24) is 4.98 Å². The molecule has 0 spiro atoms. The van der Waals surface area contributed by atoms with Crippen LogP contribution in [0.1, 0.15) is 23.2 Å². The highest BCUT2D eigenvalue weighted by Gasteiger charge is 2.42. The van der Waals surface area contributed by atoms with Gasteiger partial charge in [-0.2, -0.15) is 18.4 Å². The van der Waals surface area contributed by atoms with Crippen molar-refractivity contribution in [1.29, 1.82) is 5.26 Å². The van der Waals surface area contributed by atoms with Crippen molar-refractivity contribution >= 4 is 0 Å². The van der Waals surface area contributed by atoms with Gasteiger partial charge in [0.2, 0.25) is 0 Å². The van der Waals surface area contributed by atoms with Crippen LogP contribution >= 0.6 is 0 Å². The molecule has 1 aromatic heterocycles. The second kappa shape index (κ2) is 5.58. The largest absolute Gasteiger partial charge is 0.392 e. The van der Waals surface area contributed by atoms with Gasteiger partial charge in [0.1, 0.15) is 11.6 Å². The number of fused-ring (bicyclic) bond motifs is 1. The lowest BCUT2D eigenvalue weighted by molar-refractivity contribution is -0.177. The first kappa shape index (κ1) is 15.3. The standard InChI is InChI=1S/C17H13F3N2O/c18-17(19,20)11-6-7-14-12(8-11)15(10-4-2-1-3-5-10)13(9-21)16(23)22-14/h1-5,11H,6-8H2,(H,22,23). The van der Waals surface area contributed by atoms with Crippen molar-refractivity contribution in [2.45, 2.75) is 25.4 Å². The zero-order valence-corrected chi connectivity index (χ0v) is 12.1. The van der Waals surface area contributed by atoms with Crippen molar-refractivity contribution in [2.75, 3.05) is 0 Å². The van der Waals surface area contributed by atoms with Gasteiger partial charge in [-0.05, 0) is 30.4 Å². The first-order valence-electron chi connectivity index (χ1n) is 7.22. The fourth-order valence-electron chi connectivity index (χ4n) is 3.11. The van der Waals surface area contributed by atoms with E-state index in [1.165, 1.54) is 0 Å². The summed E-state index contributed by atoms with van der Waals surface area (Å²) in [5, 5.41) is 9.30. The van der Waals surface area contributed by atoms with Crippen molar-refractivity contribution in [3.05, 3.63) is 57.5 Å². The quantitative estimate of drug-likeness (QED) is 0.874. The molecule has 0 bridgehead atoms. The minimum absolute atomic E-state index is 0.0490. The summed E-state index contributed by atoms with van der Waals surface area (Å²) in [5.41, 5.74) is 1.19. The van der Waals surface area contributed by atoms with Crippen LogP contribution in [0.4, 0.5) is 13.2 Å². The van der Waals surface area contributed by atoms with E-state index in [2.05, 4.69) is 4.98 Å². The Balaban J connectivity index is 2.24. The Hall–Kier alpha value is -2.55. The molecule has 1 N–H and O–H groups in total. The van der Waals surface area contributed by atoms with Gasteiger partial charge in [0.25, 0.3) is 5.56 Å². The van der Waals surface area contributed by atoms with Crippen molar-refractivity contribution in [2.24, 2.45) is 5.92 Å². The van der Waals surface area contributed by atoms with Crippen molar-refractivity contribution in [3.63, 3.8) is 0 Å².